The molecule has 0 aliphatic carbocycles. The van der Waals surface area contributed by atoms with Crippen LogP contribution in [0.25, 0.3) is 0 Å². The average molecular weight is 324 g/mol. The maximum Gasteiger partial charge on any atom is 0.115 e. The average Bonchev–Trinajstić information content (AvgIpc) is 2.45. The molecule has 0 radical (unpaired) electrons. The molecule has 0 saturated heterocycles. The Labute approximate surface area is 132 Å². The minimum Gasteiger partial charge on any atom is -0.508 e. The van der Waals surface area contributed by atoms with Crippen LogP contribution in [0.4, 0.5) is 0 Å². The number of aliphatic imine (C=N–C) groups is 1. The summed E-state index contributed by atoms with van der Waals surface area (Å²) in [6.07, 6.45) is 0. The Hall–Kier alpha value is -1.38. The normalized spacial score (nSPS) is 11.7. The second-order valence-corrected chi connectivity index (χ2v) is 5.25. The van der Waals surface area contributed by atoms with E-state index in [0.29, 0.717) is 16.6 Å². The van der Waals surface area contributed by atoms with E-state index in [2.05, 4.69) is 22.4 Å². The monoisotopic (exact) mass is 323 g/mol. The van der Waals surface area contributed by atoms with E-state index < -0.39 is 0 Å². The number of hydrogen-bond donors (Lipinski definition) is 1. The molecule has 2 aromatic carbocycles. The van der Waals surface area contributed by atoms with Crippen molar-refractivity contribution < 1.29 is 5.11 Å². The zero-order chi connectivity index (χ0) is 14.5. The Bertz CT molecular complexity index is 651. The predicted octanol–water partition coefficient (Wildman–Crippen LogP) is 4.93. The van der Waals surface area contributed by atoms with Crippen molar-refractivity contribution in [2.75, 3.05) is 6.54 Å². The third kappa shape index (κ3) is 3.59. The zero-order valence-electron chi connectivity index (χ0n) is 10.4. The van der Waals surface area contributed by atoms with Gasteiger partial charge in [-0.2, -0.15) is 0 Å². The number of isothiocyanates is 1. The highest BCUT2D eigenvalue weighted by Crippen LogP contribution is 2.31. The van der Waals surface area contributed by atoms with Gasteiger partial charge in [-0.05, 0) is 47.6 Å². The maximum absolute atomic E-state index is 9.37. The molecule has 2 rings (SSSR count). The molecule has 102 valence electrons. The van der Waals surface area contributed by atoms with Gasteiger partial charge < -0.3 is 5.11 Å². The molecule has 0 aromatic heterocycles. The van der Waals surface area contributed by atoms with Crippen molar-refractivity contribution >= 4 is 40.6 Å². The van der Waals surface area contributed by atoms with Crippen LogP contribution in [0.2, 0.25) is 10.0 Å². The molecule has 5 heteroatoms. The molecule has 0 fully saturated rings. The Balaban J connectivity index is 2.43. The fourth-order valence-corrected chi connectivity index (χ4v) is 2.35. The second kappa shape index (κ2) is 6.87. The molecule has 1 N–H and O–H groups in total. The van der Waals surface area contributed by atoms with Crippen LogP contribution in [0.1, 0.15) is 17.0 Å². The summed E-state index contributed by atoms with van der Waals surface area (Å²) in [7, 11) is 0. The van der Waals surface area contributed by atoms with Crippen molar-refractivity contribution in [3.8, 4) is 5.75 Å². The van der Waals surface area contributed by atoms with Gasteiger partial charge in [0.1, 0.15) is 5.75 Å². The van der Waals surface area contributed by atoms with E-state index in [9.17, 15) is 5.11 Å². The van der Waals surface area contributed by atoms with E-state index >= 15 is 0 Å². The van der Waals surface area contributed by atoms with Crippen molar-refractivity contribution in [2.24, 2.45) is 4.99 Å². The first-order valence-electron chi connectivity index (χ1n) is 5.89. The first-order valence-corrected chi connectivity index (χ1v) is 7.05. The van der Waals surface area contributed by atoms with Gasteiger partial charge >= 0.3 is 0 Å². The number of hydrogen-bond acceptors (Lipinski definition) is 3. The second-order valence-electron chi connectivity index (χ2n) is 4.25. The highest BCUT2D eigenvalue weighted by Gasteiger charge is 2.15. The number of halogens is 2. The maximum atomic E-state index is 9.37. The van der Waals surface area contributed by atoms with Gasteiger partial charge in [0.15, 0.2) is 0 Å². The molecule has 1 atom stereocenters. The lowest BCUT2D eigenvalue weighted by Gasteiger charge is -2.16. The van der Waals surface area contributed by atoms with Gasteiger partial charge in [0.05, 0.1) is 21.8 Å². The number of benzene rings is 2. The summed E-state index contributed by atoms with van der Waals surface area (Å²) in [5, 5.41) is 12.8. The minimum absolute atomic E-state index is 0.0131. The topological polar surface area (TPSA) is 32.6 Å². The first-order chi connectivity index (χ1) is 9.61. The van der Waals surface area contributed by atoms with Gasteiger partial charge in [0, 0.05) is 5.92 Å². The Kier molecular flexibility index (Phi) is 5.16. The van der Waals surface area contributed by atoms with Crippen molar-refractivity contribution in [3.05, 3.63) is 63.6 Å². The summed E-state index contributed by atoms with van der Waals surface area (Å²) in [6, 6.07) is 12.5. The first kappa shape index (κ1) is 15.0. The Morgan fingerprint density at radius 3 is 2.30 bits per heavy atom. The van der Waals surface area contributed by atoms with E-state index in [-0.39, 0.29) is 11.7 Å². The van der Waals surface area contributed by atoms with Crippen molar-refractivity contribution in [2.45, 2.75) is 5.92 Å². The molecule has 2 aromatic rings. The number of nitrogens with zero attached hydrogens (tertiary/aromatic N) is 1. The van der Waals surface area contributed by atoms with E-state index in [0.717, 1.165) is 11.1 Å². The highest BCUT2D eigenvalue weighted by molar-refractivity contribution is 7.78. The van der Waals surface area contributed by atoms with Gasteiger partial charge in [-0.25, -0.2) is 4.99 Å². The van der Waals surface area contributed by atoms with Crippen LogP contribution >= 0.6 is 35.4 Å². The van der Waals surface area contributed by atoms with E-state index in [1.54, 1.807) is 18.2 Å². The third-order valence-electron chi connectivity index (χ3n) is 2.98. The van der Waals surface area contributed by atoms with Gasteiger partial charge in [-0.3, -0.25) is 0 Å². The third-order valence-corrected chi connectivity index (χ3v) is 3.85. The minimum atomic E-state index is -0.0131. The van der Waals surface area contributed by atoms with Crippen LogP contribution < -0.4 is 0 Å². The van der Waals surface area contributed by atoms with Crippen LogP contribution in [0.5, 0.6) is 5.75 Å². The van der Waals surface area contributed by atoms with Crippen LogP contribution in [-0.2, 0) is 0 Å². The van der Waals surface area contributed by atoms with Crippen molar-refractivity contribution in [3.63, 3.8) is 0 Å². The summed E-state index contributed by atoms with van der Waals surface area (Å²) in [6.45, 7) is 0.465. The summed E-state index contributed by atoms with van der Waals surface area (Å²) < 4.78 is 0. The Morgan fingerprint density at radius 1 is 1.05 bits per heavy atom. The molecule has 0 heterocycles. The van der Waals surface area contributed by atoms with Crippen molar-refractivity contribution in [1.29, 1.82) is 0 Å². The van der Waals surface area contributed by atoms with Gasteiger partial charge in [0.2, 0.25) is 0 Å². The molecule has 0 saturated carbocycles. The quantitative estimate of drug-likeness (QED) is 0.638. The van der Waals surface area contributed by atoms with Crippen molar-refractivity contribution in [1.82, 2.24) is 0 Å². The molecule has 0 aliphatic rings. The number of rotatable bonds is 4. The largest absolute Gasteiger partial charge is 0.508 e. The number of thiocarbonyl (C=S) groups is 1. The molecule has 0 bridgehead atoms. The lowest BCUT2D eigenvalue weighted by atomic mass is 9.91. The zero-order valence-corrected chi connectivity index (χ0v) is 12.7. The van der Waals surface area contributed by atoms with Crippen LogP contribution in [0, 0.1) is 0 Å². The van der Waals surface area contributed by atoms with Crippen LogP contribution in [-0.4, -0.2) is 16.8 Å². The summed E-state index contributed by atoms with van der Waals surface area (Å²) >= 11 is 16.6. The lowest BCUT2D eigenvalue weighted by molar-refractivity contribution is 0.475. The molecular weight excluding hydrogens is 313 g/mol. The SMILES string of the molecule is Oc1ccc([C@@H](CN=C=S)c2ccc(Cl)c(Cl)c2)cc1. The van der Waals surface area contributed by atoms with E-state index in [4.69, 9.17) is 23.2 Å². The van der Waals surface area contributed by atoms with Gasteiger partial charge in [-0.1, -0.05) is 41.4 Å². The summed E-state index contributed by atoms with van der Waals surface area (Å²) in [5.41, 5.74) is 1.99. The molecule has 0 aliphatic heterocycles. The molecule has 0 unspecified atom stereocenters. The smallest absolute Gasteiger partial charge is 0.115 e. The standard InChI is InChI=1S/C15H11Cl2NOS/c16-14-6-3-11(7-15(14)17)13(8-18-9-20)10-1-4-12(19)5-2-10/h1-7,13,19H,8H2/t13-/m1/s1. The number of aromatic hydroxyl groups is 1. The number of phenols is 1. The van der Waals surface area contributed by atoms with E-state index in [1.807, 2.05) is 24.3 Å². The fourth-order valence-electron chi connectivity index (χ4n) is 1.97. The van der Waals surface area contributed by atoms with Gasteiger partial charge in [-0.15, -0.1) is 0 Å². The molecule has 0 amide bonds. The number of phenolic OH excluding ortho intramolecular Hbond substituents is 1. The lowest BCUT2D eigenvalue weighted by Crippen LogP contribution is -2.05. The molecule has 20 heavy (non-hydrogen) atoms. The molecular formula is C15H11Cl2NOS. The fraction of sp³-hybridized carbons (Fsp3) is 0.133. The van der Waals surface area contributed by atoms with E-state index in [1.165, 1.54) is 0 Å². The van der Waals surface area contributed by atoms with Crippen LogP contribution in [0.15, 0.2) is 47.5 Å². The van der Waals surface area contributed by atoms with Crippen LogP contribution in [0.3, 0.4) is 0 Å². The molecule has 2 nitrogen and oxygen atoms in total. The molecule has 0 spiro atoms. The highest BCUT2D eigenvalue weighted by atomic mass is 35.5. The predicted molar refractivity (Wildman–Crippen MR) is 86.3 cm³/mol. The van der Waals surface area contributed by atoms with Gasteiger partial charge in [0.25, 0.3) is 0 Å². The Morgan fingerprint density at radius 2 is 1.70 bits per heavy atom. The summed E-state index contributed by atoms with van der Waals surface area (Å²) in [4.78, 5) is 4.03. The summed E-state index contributed by atoms with van der Waals surface area (Å²) in [5.74, 6) is 0.209.